The van der Waals surface area contributed by atoms with E-state index < -0.39 is 0 Å². The van der Waals surface area contributed by atoms with Gasteiger partial charge in [-0.2, -0.15) is 0 Å². The number of hydrogen-bond donors (Lipinski definition) is 2. The number of nitrogens with one attached hydrogen (secondary N) is 2. The van der Waals surface area contributed by atoms with Crippen LogP contribution >= 0.6 is 0 Å². The van der Waals surface area contributed by atoms with Gasteiger partial charge in [0.15, 0.2) is 0 Å². The molecule has 2 N–H and O–H groups in total. The summed E-state index contributed by atoms with van der Waals surface area (Å²) in [6, 6.07) is 15.8. The lowest BCUT2D eigenvalue weighted by Crippen LogP contribution is -2.36. The normalized spacial score (nSPS) is 17.5. The van der Waals surface area contributed by atoms with Gasteiger partial charge in [-0.3, -0.25) is 9.69 Å². The van der Waals surface area contributed by atoms with Gasteiger partial charge in [0.2, 0.25) is 11.9 Å². The van der Waals surface area contributed by atoms with Crippen LogP contribution in [-0.2, 0) is 32.2 Å². The molecule has 1 amide bonds. The van der Waals surface area contributed by atoms with E-state index in [1.54, 1.807) is 12.3 Å². The molecule has 1 fully saturated rings. The molecule has 2 aromatic carbocycles. The summed E-state index contributed by atoms with van der Waals surface area (Å²) in [5, 5.41) is 6.26. The zero-order valence-electron chi connectivity index (χ0n) is 21.8. The SMILES string of the molecule is O=C(/C=C/CN1CCOCC1)Nc1cc2cc(c1)Nc1nccc(n1)-c1cccc(c1)COC/C=C/COC2. The zero-order valence-corrected chi connectivity index (χ0v) is 21.8. The van der Waals surface area contributed by atoms with Crippen molar-refractivity contribution in [3.8, 4) is 11.3 Å². The molecule has 3 heterocycles. The van der Waals surface area contributed by atoms with Crippen LogP contribution in [0.2, 0.25) is 0 Å². The highest BCUT2D eigenvalue weighted by atomic mass is 16.5. The Morgan fingerprint density at radius 2 is 1.79 bits per heavy atom. The van der Waals surface area contributed by atoms with E-state index in [0.29, 0.717) is 44.6 Å². The summed E-state index contributed by atoms with van der Waals surface area (Å²) in [6.45, 7) is 5.76. The van der Waals surface area contributed by atoms with Gasteiger partial charge in [0.1, 0.15) is 0 Å². The molecule has 0 aliphatic carbocycles. The molecular weight excluding hydrogens is 494 g/mol. The van der Waals surface area contributed by atoms with Gasteiger partial charge in [0.25, 0.3) is 0 Å². The molecule has 1 aromatic heterocycles. The van der Waals surface area contributed by atoms with Crippen LogP contribution in [0, 0.1) is 0 Å². The molecule has 0 radical (unpaired) electrons. The summed E-state index contributed by atoms with van der Waals surface area (Å²) in [5.41, 5.74) is 5.16. The monoisotopic (exact) mass is 527 g/mol. The summed E-state index contributed by atoms with van der Waals surface area (Å²) in [4.78, 5) is 24.0. The van der Waals surface area contributed by atoms with Crippen molar-refractivity contribution in [3.63, 3.8) is 0 Å². The Hall–Kier alpha value is -3.89. The fourth-order valence-corrected chi connectivity index (χ4v) is 4.35. The molecule has 2 aliphatic rings. The van der Waals surface area contributed by atoms with Crippen LogP contribution in [0.5, 0.6) is 0 Å². The smallest absolute Gasteiger partial charge is 0.248 e. The maximum atomic E-state index is 12.7. The fraction of sp³-hybridized carbons (Fsp3) is 0.300. The Labute approximate surface area is 228 Å². The predicted octanol–water partition coefficient (Wildman–Crippen LogP) is 4.32. The summed E-state index contributed by atoms with van der Waals surface area (Å²) < 4.78 is 17.0. The average Bonchev–Trinajstić information content (AvgIpc) is 2.95. The van der Waals surface area contributed by atoms with E-state index in [4.69, 9.17) is 19.2 Å². The first-order valence-electron chi connectivity index (χ1n) is 13.1. The van der Waals surface area contributed by atoms with Crippen LogP contribution in [0.3, 0.4) is 0 Å². The maximum Gasteiger partial charge on any atom is 0.248 e. The van der Waals surface area contributed by atoms with E-state index in [-0.39, 0.29) is 5.91 Å². The molecule has 0 spiro atoms. The molecule has 0 saturated carbocycles. The number of aromatic nitrogens is 2. The number of ether oxygens (including phenoxy) is 3. The highest BCUT2D eigenvalue weighted by Crippen LogP contribution is 2.24. The van der Waals surface area contributed by atoms with Gasteiger partial charge in [-0.25, -0.2) is 9.97 Å². The van der Waals surface area contributed by atoms with Crippen molar-refractivity contribution < 1.29 is 19.0 Å². The lowest BCUT2D eigenvalue weighted by Gasteiger charge is -2.25. The minimum atomic E-state index is -0.192. The van der Waals surface area contributed by atoms with Crippen molar-refractivity contribution >= 4 is 23.2 Å². The number of amides is 1. The van der Waals surface area contributed by atoms with Gasteiger partial charge in [0, 0.05) is 48.8 Å². The highest BCUT2D eigenvalue weighted by Gasteiger charge is 2.10. The molecule has 3 aromatic rings. The van der Waals surface area contributed by atoms with Gasteiger partial charge in [-0.15, -0.1) is 0 Å². The van der Waals surface area contributed by atoms with E-state index in [2.05, 4.69) is 26.6 Å². The van der Waals surface area contributed by atoms with Gasteiger partial charge in [-0.1, -0.05) is 36.4 Å². The van der Waals surface area contributed by atoms with Crippen molar-refractivity contribution in [2.24, 2.45) is 0 Å². The van der Waals surface area contributed by atoms with Gasteiger partial charge in [0.05, 0.1) is 45.3 Å². The van der Waals surface area contributed by atoms with Crippen LogP contribution in [0.1, 0.15) is 11.1 Å². The van der Waals surface area contributed by atoms with Crippen molar-refractivity contribution in [2.75, 3.05) is 56.7 Å². The second-order valence-corrected chi connectivity index (χ2v) is 9.32. The number of fused-ring (bicyclic) bond motifs is 7. The Bertz CT molecular complexity index is 1320. The minimum Gasteiger partial charge on any atom is -0.379 e. The third kappa shape index (κ3) is 8.30. The second-order valence-electron chi connectivity index (χ2n) is 9.32. The molecule has 202 valence electrons. The number of rotatable bonds is 4. The van der Waals surface area contributed by atoms with Crippen molar-refractivity contribution in [3.05, 3.63) is 90.2 Å². The van der Waals surface area contributed by atoms with E-state index in [1.165, 1.54) is 0 Å². The van der Waals surface area contributed by atoms with Crippen LogP contribution in [0.25, 0.3) is 11.3 Å². The van der Waals surface area contributed by atoms with E-state index in [1.807, 2.05) is 60.7 Å². The third-order valence-corrected chi connectivity index (χ3v) is 6.26. The fourth-order valence-electron chi connectivity index (χ4n) is 4.35. The Balaban J connectivity index is 1.35. The topological polar surface area (TPSA) is 97.8 Å². The summed E-state index contributed by atoms with van der Waals surface area (Å²) >= 11 is 0. The molecule has 5 rings (SSSR count). The zero-order chi connectivity index (χ0) is 26.7. The first kappa shape index (κ1) is 26.7. The highest BCUT2D eigenvalue weighted by molar-refractivity contribution is 5.99. The van der Waals surface area contributed by atoms with E-state index in [9.17, 15) is 4.79 Å². The number of anilines is 3. The number of nitrogens with zero attached hydrogens (tertiary/aromatic N) is 3. The first-order chi connectivity index (χ1) is 19.2. The molecule has 1 saturated heterocycles. The van der Waals surface area contributed by atoms with Gasteiger partial charge >= 0.3 is 0 Å². The summed E-state index contributed by atoms with van der Waals surface area (Å²) in [6.07, 6.45) is 9.08. The molecular formula is C30H33N5O4. The standard InChI is InChI=1S/C30H33N5O4/c36-29(7-4-10-35-11-15-37-16-12-35)32-26-18-24-19-27(20-26)33-30-31-9-8-28(34-30)25-6-3-5-23(17-25)21-38-13-1-2-14-39-22-24/h1-9,17-20H,10-16,21-22H2,(H,32,36)(H,31,33,34)/b2-1+,7-4+. The number of benzene rings is 2. The Kier molecular flexibility index (Phi) is 9.43. The largest absolute Gasteiger partial charge is 0.379 e. The number of carbonyl (C=O) groups excluding carboxylic acids is 1. The van der Waals surface area contributed by atoms with Gasteiger partial charge < -0.3 is 24.8 Å². The molecule has 9 heteroatoms. The quantitative estimate of drug-likeness (QED) is 0.383. The number of morpholine rings is 1. The molecule has 2 aliphatic heterocycles. The average molecular weight is 528 g/mol. The molecule has 0 unspecified atom stereocenters. The molecule has 9 nitrogen and oxygen atoms in total. The lowest BCUT2D eigenvalue weighted by atomic mass is 10.1. The predicted molar refractivity (Wildman–Crippen MR) is 151 cm³/mol. The first-order valence-corrected chi connectivity index (χ1v) is 13.1. The van der Waals surface area contributed by atoms with Crippen LogP contribution in [-0.4, -0.2) is 66.8 Å². The molecule has 0 atom stereocenters. The van der Waals surface area contributed by atoms with Crippen LogP contribution in [0.4, 0.5) is 17.3 Å². The molecule has 6 bridgehead atoms. The minimum absolute atomic E-state index is 0.192. The number of carbonyl (C=O) groups is 1. The lowest BCUT2D eigenvalue weighted by molar-refractivity contribution is -0.111. The Morgan fingerprint density at radius 1 is 0.974 bits per heavy atom. The van der Waals surface area contributed by atoms with E-state index in [0.717, 1.165) is 54.4 Å². The van der Waals surface area contributed by atoms with Crippen molar-refractivity contribution in [2.45, 2.75) is 13.2 Å². The van der Waals surface area contributed by atoms with Gasteiger partial charge in [-0.05, 0) is 41.5 Å². The van der Waals surface area contributed by atoms with Crippen LogP contribution < -0.4 is 10.6 Å². The third-order valence-electron chi connectivity index (χ3n) is 6.26. The Morgan fingerprint density at radius 3 is 2.64 bits per heavy atom. The van der Waals surface area contributed by atoms with Crippen LogP contribution in [0.15, 0.2) is 79.0 Å². The van der Waals surface area contributed by atoms with E-state index >= 15 is 0 Å². The van der Waals surface area contributed by atoms with Crippen molar-refractivity contribution in [1.29, 1.82) is 0 Å². The summed E-state index contributed by atoms with van der Waals surface area (Å²) in [7, 11) is 0. The number of hydrogen-bond acceptors (Lipinski definition) is 8. The second kappa shape index (κ2) is 13.8. The summed E-state index contributed by atoms with van der Waals surface area (Å²) in [5.74, 6) is 0.266. The van der Waals surface area contributed by atoms with Crippen molar-refractivity contribution in [1.82, 2.24) is 14.9 Å². The maximum absolute atomic E-state index is 12.7. The molecule has 39 heavy (non-hydrogen) atoms.